The molecule has 0 spiro atoms. The minimum atomic E-state index is -1.08. The van der Waals surface area contributed by atoms with Gasteiger partial charge in [0.1, 0.15) is 0 Å². The third kappa shape index (κ3) is 5.90. The van der Waals surface area contributed by atoms with Gasteiger partial charge in [0.15, 0.2) is 23.3 Å². The second-order valence-corrected chi connectivity index (χ2v) is 10.4. The summed E-state index contributed by atoms with van der Waals surface area (Å²) in [6, 6.07) is 13.3. The second-order valence-electron chi connectivity index (χ2n) is 8.56. The van der Waals surface area contributed by atoms with E-state index in [1.807, 2.05) is 41.3 Å². The molecular weight excluding hydrogens is 532 g/mol. The highest BCUT2D eigenvalue weighted by Gasteiger charge is 2.41. The molecule has 2 atom stereocenters. The van der Waals surface area contributed by atoms with Crippen molar-refractivity contribution in [2.75, 3.05) is 13.7 Å². The number of carboxylic acid groups (broad SMARTS) is 1. The molecule has 0 radical (unpaired) electrons. The van der Waals surface area contributed by atoms with E-state index >= 15 is 0 Å². The second kappa shape index (κ2) is 11.3. The molecule has 9 heteroatoms. The molecular formula is C26H27BrN2O5S. The summed E-state index contributed by atoms with van der Waals surface area (Å²) < 4.78 is 11.3. The molecule has 2 aromatic rings. The minimum absolute atomic E-state index is 0.0512. The normalized spacial score (nSPS) is 22.6. The van der Waals surface area contributed by atoms with E-state index < -0.39 is 12.6 Å². The van der Waals surface area contributed by atoms with Gasteiger partial charge < -0.3 is 14.6 Å². The van der Waals surface area contributed by atoms with Crippen LogP contribution in [0.5, 0.6) is 11.5 Å². The van der Waals surface area contributed by atoms with Crippen LogP contribution in [0.25, 0.3) is 6.08 Å². The number of carbonyl (C=O) groups excluding carboxylic acids is 1. The number of para-hydroxylation sites is 1. The van der Waals surface area contributed by atoms with Crippen LogP contribution in [0.4, 0.5) is 5.69 Å². The average Bonchev–Trinajstić information content (AvgIpc) is 3.13. The third-order valence-electron chi connectivity index (χ3n) is 6.11. The number of carbonyl (C=O) groups is 2. The van der Waals surface area contributed by atoms with Crippen molar-refractivity contribution in [1.82, 2.24) is 4.90 Å². The van der Waals surface area contributed by atoms with Gasteiger partial charge in [-0.05, 0) is 82.4 Å². The molecule has 1 N–H and O–H groups in total. The summed E-state index contributed by atoms with van der Waals surface area (Å²) in [5, 5.41) is 9.63. The highest BCUT2D eigenvalue weighted by atomic mass is 79.9. The van der Waals surface area contributed by atoms with E-state index in [1.54, 1.807) is 12.1 Å². The zero-order chi connectivity index (χ0) is 24.9. The number of rotatable bonds is 7. The van der Waals surface area contributed by atoms with Crippen LogP contribution in [0.15, 0.2) is 56.8 Å². The highest BCUT2D eigenvalue weighted by molar-refractivity contribution is 9.10. The van der Waals surface area contributed by atoms with Gasteiger partial charge >= 0.3 is 5.97 Å². The van der Waals surface area contributed by atoms with E-state index in [1.165, 1.54) is 25.3 Å². The molecule has 2 fully saturated rings. The van der Waals surface area contributed by atoms with Gasteiger partial charge in [0.25, 0.3) is 5.91 Å². The van der Waals surface area contributed by atoms with E-state index in [2.05, 4.69) is 22.9 Å². The van der Waals surface area contributed by atoms with Crippen molar-refractivity contribution in [3.05, 3.63) is 57.4 Å². The smallest absolute Gasteiger partial charge is 0.341 e. The van der Waals surface area contributed by atoms with Crippen molar-refractivity contribution in [2.24, 2.45) is 10.9 Å². The Morgan fingerprint density at radius 2 is 2.00 bits per heavy atom. The Hall–Kier alpha value is -2.78. The van der Waals surface area contributed by atoms with Gasteiger partial charge in [-0.1, -0.05) is 38.0 Å². The van der Waals surface area contributed by atoms with E-state index in [0.717, 1.165) is 30.5 Å². The zero-order valence-corrected chi connectivity index (χ0v) is 22.0. The van der Waals surface area contributed by atoms with Crippen LogP contribution in [-0.2, 0) is 9.59 Å². The van der Waals surface area contributed by atoms with Crippen molar-refractivity contribution >= 4 is 56.5 Å². The molecule has 184 valence electrons. The van der Waals surface area contributed by atoms with Crippen LogP contribution in [0.1, 0.15) is 38.2 Å². The molecule has 1 aliphatic heterocycles. The molecule has 1 heterocycles. The number of benzene rings is 2. The Morgan fingerprint density at radius 1 is 1.26 bits per heavy atom. The molecule has 1 saturated carbocycles. The Balaban J connectivity index is 1.70. The Labute approximate surface area is 217 Å². The molecule has 1 saturated heterocycles. The van der Waals surface area contributed by atoms with E-state index in [0.29, 0.717) is 32.0 Å². The minimum Gasteiger partial charge on any atom is -0.493 e. The maximum atomic E-state index is 13.7. The summed E-state index contributed by atoms with van der Waals surface area (Å²) in [6.45, 7) is 1.72. The maximum Gasteiger partial charge on any atom is 0.341 e. The van der Waals surface area contributed by atoms with Crippen molar-refractivity contribution < 1.29 is 24.2 Å². The van der Waals surface area contributed by atoms with Gasteiger partial charge in [-0.3, -0.25) is 9.69 Å². The predicted molar refractivity (Wildman–Crippen MR) is 141 cm³/mol. The fraction of sp³-hybridized carbons (Fsp3) is 0.346. The van der Waals surface area contributed by atoms with Crippen molar-refractivity contribution in [1.29, 1.82) is 0 Å². The van der Waals surface area contributed by atoms with E-state index in [9.17, 15) is 9.59 Å². The maximum absolute atomic E-state index is 13.7. The number of hydrogen-bond acceptors (Lipinski definition) is 6. The molecule has 0 unspecified atom stereocenters. The lowest BCUT2D eigenvalue weighted by molar-refractivity contribution is -0.139. The Morgan fingerprint density at radius 3 is 2.69 bits per heavy atom. The molecule has 1 aliphatic carbocycles. The topological polar surface area (TPSA) is 88.4 Å². The number of amides is 1. The third-order valence-corrected chi connectivity index (χ3v) is 7.68. The first-order chi connectivity index (χ1) is 16.9. The lowest BCUT2D eigenvalue weighted by Crippen LogP contribution is -2.44. The molecule has 2 aromatic carbocycles. The Bertz CT molecular complexity index is 1170. The average molecular weight is 559 g/mol. The van der Waals surface area contributed by atoms with Crippen molar-refractivity contribution in [2.45, 2.75) is 38.6 Å². The van der Waals surface area contributed by atoms with Crippen LogP contribution >= 0.6 is 27.7 Å². The van der Waals surface area contributed by atoms with Gasteiger partial charge in [-0.25, -0.2) is 9.79 Å². The lowest BCUT2D eigenvalue weighted by Gasteiger charge is -2.35. The van der Waals surface area contributed by atoms with Crippen molar-refractivity contribution in [3.8, 4) is 11.5 Å². The summed E-state index contributed by atoms with van der Waals surface area (Å²) in [5.41, 5.74) is 1.53. The molecule has 7 nitrogen and oxygen atoms in total. The number of thioether (sulfide) groups is 1. The number of ether oxygens (including phenoxy) is 2. The fourth-order valence-electron chi connectivity index (χ4n) is 4.40. The molecule has 0 bridgehead atoms. The monoisotopic (exact) mass is 558 g/mol. The zero-order valence-electron chi connectivity index (χ0n) is 19.6. The quantitative estimate of drug-likeness (QED) is 0.413. The van der Waals surface area contributed by atoms with E-state index in [4.69, 9.17) is 19.6 Å². The van der Waals surface area contributed by atoms with Gasteiger partial charge in [0, 0.05) is 6.04 Å². The molecule has 1 amide bonds. The van der Waals surface area contributed by atoms with Crippen LogP contribution in [0.2, 0.25) is 0 Å². The number of amidine groups is 1. The predicted octanol–water partition coefficient (Wildman–Crippen LogP) is 6.10. The summed E-state index contributed by atoms with van der Waals surface area (Å²) in [4.78, 5) is 31.9. The molecule has 2 aliphatic rings. The number of nitrogens with zero attached hydrogens (tertiary/aromatic N) is 2. The number of methoxy groups -OCH3 is 1. The molecule has 35 heavy (non-hydrogen) atoms. The standard InChI is InChI=1S/C26H27BrN2O5S/c1-16-8-6-7-11-20(16)29-25(32)22(35-26(29)28-18-9-4-3-5-10-18)14-17-12-19(27)24(21(13-17)33-2)34-15-23(30)31/h3-5,9-10,12-14,16,20H,6-8,11,15H2,1-2H3,(H,30,31)/b22-14-,28-26?/t16-,20-/m0/s1. The van der Waals surface area contributed by atoms with Gasteiger partial charge in [0.05, 0.1) is 22.2 Å². The van der Waals surface area contributed by atoms with Crippen LogP contribution < -0.4 is 9.47 Å². The van der Waals surface area contributed by atoms with E-state index in [-0.39, 0.29) is 11.9 Å². The summed E-state index contributed by atoms with van der Waals surface area (Å²) in [5.74, 6) is -0.0658. The largest absolute Gasteiger partial charge is 0.493 e. The molecule has 4 rings (SSSR count). The lowest BCUT2D eigenvalue weighted by atomic mass is 9.85. The summed E-state index contributed by atoms with van der Waals surface area (Å²) in [6.07, 6.45) is 6.16. The van der Waals surface area contributed by atoms with Crippen LogP contribution in [0, 0.1) is 5.92 Å². The summed E-state index contributed by atoms with van der Waals surface area (Å²) >= 11 is 4.81. The number of aliphatic imine (C=N–C) groups is 1. The highest BCUT2D eigenvalue weighted by Crippen LogP contribution is 2.42. The van der Waals surface area contributed by atoms with Gasteiger partial charge in [-0.2, -0.15) is 0 Å². The summed E-state index contributed by atoms with van der Waals surface area (Å²) in [7, 11) is 1.48. The first-order valence-electron chi connectivity index (χ1n) is 11.5. The number of halogens is 1. The number of carboxylic acids is 1. The van der Waals surface area contributed by atoms with Crippen molar-refractivity contribution in [3.63, 3.8) is 0 Å². The fourth-order valence-corrected chi connectivity index (χ4v) is 6.02. The number of hydrogen-bond donors (Lipinski definition) is 1. The first kappa shape index (κ1) is 25.3. The first-order valence-corrected chi connectivity index (χ1v) is 13.1. The van der Waals surface area contributed by atoms with Gasteiger partial charge in [0.2, 0.25) is 0 Å². The SMILES string of the molecule is COc1cc(/C=C2\SC(=Nc3ccccc3)N([C@H]3CCCC[C@@H]3C)C2=O)cc(Br)c1OCC(=O)O. The van der Waals surface area contributed by atoms with Gasteiger partial charge in [-0.15, -0.1) is 0 Å². The molecule has 0 aromatic heterocycles. The van der Waals surface area contributed by atoms with Crippen LogP contribution in [0.3, 0.4) is 0 Å². The van der Waals surface area contributed by atoms with Crippen LogP contribution in [-0.4, -0.2) is 46.8 Å². The Kier molecular flexibility index (Phi) is 8.18. The number of aliphatic carboxylic acids is 1.